The van der Waals surface area contributed by atoms with Gasteiger partial charge >= 0.3 is 5.69 Å². The zero-order chi connectivity index (χ0) is 21.3. The monoisotopic (exact) mass is 445 g/mol. The highest BCUT2D eigenvalue weighted by molar-refractivity contribution is 7.71. The van der Waals surface area contributed by atoms with Crippen molar-refractivity contribution in [1.29, 1.82) is 0 Å². The van der Waals surface area contributed by atoms with E-state index in [2.05, 4.69) is 15.5 Å². The van der Waals surface area contributed by atoms with Crippen molar-refractivity contribution in [3.8, 4) is 11.5 Å². The third kappa shape index (κ3) is 4.34. The molecule has 1 aromatic heterocycles. The van der Waals surface area contributed by atoms with Crippen molar-refractivity contribution in [3.05, 3.63) is 73.8 Å². The van der Waals surface area contributed by atoms with Gasteiger partial charge in [-0.2, -0.15) is 5.10 Å². The van der Waals surface area contributed by atoms with E-state index >= 15 is 0 Å². The molecule has 1 amide bonds. The first-order chi connectivity index (χ1) is 14.4. The number of halogens is 1. The molecule has 0 bridgehead atoms. The van der Waals surface area contributed by atoms with Crippen molar-refractivity contribution in [1.82, 2.24) is 20.1 Å². The number of aromatic nitrogens is 3. The zero-order valence-electron chi connectivity index (χ0n) is 15.5. The molecule has 154 valence electrons. The molecule has 30 heavy (non-hydrogen) atoms. The van der Waals surface area contributed by atoms with Gasteiger partial charge in [-0.25, -0.2) is 0 Å². The minimum Gasteiger partial charge on any atom is -0.450 e. The van der Waals surface area contributed by atoms with Crippen molar-refractivity contribution in [2.24, 2.45) is 0 Å². The van der Waals surface area contributed by atoms with Crippen LogP contribution in [0.3, 0.4) is 0 Å². The quantitative estimate of drug-likeness (QED) is 0.313. The van der Waals surface area contributed by atoms with Crippen LogP contribution in [-0.4, -0.2) is 25.6 Å². The molecule has 2 aromatic carbocycles. The highest BCUT2D eigenvalue weighted by Gasteiger charge is 2.27. The predicted octanol–water partition coefficient (Wildman–Crippen LogP) is 4.56. The molecular formula is C19H16ClN5O4S. The van der Waals surface area contributed by atoms with Crippen LogP contribution in [0.1, 0.15) is 35.1 Å². The number of H-pyrrole nitrogens is 1. The summed E-state index contributed by atoms with van der Waals surface area (Å²) < 4.78 is 8.07. The number of nitro groups is 1. The van der Waals surface area contributed by atoms with Crippen LogP contribution in [0.2, 0.25) is 5.02 Å². The Morgan fingerprint density at radius 2 is 2.07 bits per heavy atom. The third-order valence-electron chi connectivity index (χ3n) is 4.56. The first-order valence-corrected chi connectivity index (χ1v) is 9.87. The number of nitrogens with zero attached hydrogens (tertiary/aromatic N) is 3. The number of nitro benzene ring substituents is 1. The van der Waals surface area contributed by atoms with Crippen LogP contribution in [0.4, 0.5) is 5.69 Å². The van der Waals surface area contributed by atoms with E-state index in [9.17, 15) is 14.9 Å². The number of carbonyl (C=O) groups is 1. The smallest absolute Gasteiger partial charge is 0.313 e. The molecule has 1 saturated carbocycles. The molecule has 9 nitrogen and oxygen atoms in total. The van der Waals surface area contributed by atoms with E-state index < -0.39 is 4.92 Å². The number of aromatic amines is 1. The van der Waals surface area contributed by atoms with Crippen LogP contribution in [-0.2, 0) is 6.54 Å². The number of amides is 1. The highest BCUT2D eigenvalue weighted by Crippen LogP contribution is 2.36. The van der Waals surface area contributed by atoms with Gasteiger partial charge in [0.15, 0.2) is 10.6 Å². The maximum absolute atomic E-state index is 12.4. The Labute approximate surface area is 180 Å². The molecule has 0 aliphatic heterocycles. The number of benzene rings is 2. The van der Waals surface area contributed by atoms with E-state index in [1.807, 2.05) is 4.57 Å². The molecule has 1 heterocycles. The van der Waals surface area contributed by atoms with Gasteiger partial charge in [0.1, 0.15) is 5.75 Å². The minimum absolute atomic E-state index is 0.0597. The van der Waals surface area contributed by atoms with Gasteiger partial charge in [0, 0.05) is 22.7 Å². The Morgan fingerprint density at radius 3 is 2.73 bits per heavy atom. The number of ether oxygens (including phenoxy) is 1. The maximum atomic E-state index is 12.4. The lowest BCUT2D eigenvalue weighted by molar-refractivity contribution is -0.385. The molecule has 0 radical (unpaired) electrons. The molecule has 2 N–H and O–H groups in total. The second-order valence-electron chi connectivity index (χ2n) is 6.72. The summed E-state index contributed by atoms with van der Waals surface area (Å²) in [5, 5.41) is 21.2. The van der Waals surface area contributed by atoms with Gasteiger partial charge < -0.3 is 10.1 Å². The lowest BCUT2D eigenvalue weighted by Gasteiger charge is -2.09. The molecule has 11 heteroatoms. The van der Waals surface area contributed by atoms with Gasteiger partial charge in [-0.15, -0.1) is 0 Å². The van der Waals surface area contributed by atoms with Crippen LogP contribution in [0.25, 0.3) is 0 Å². The van der Waals surface area contributed by atoms with E-state index in [1.165, 1.54) is 18.2 Å². The highest BCUT2D eigenvalue weighted by atomic mass is 35.5. The number of rotatable bonds is 7. The number of carbonyl (C=O) groups excluding carboxylic acids is 1. The predicted molar refractivity (Wildman–Crippen MR) is 111 cm³/mol. The van der Waals surface area contributed by atoms with Crippen LogP contribution >= 0.6 is 23.8 Å². The fourth-order valence-corrected chi connectivity index (χ4v) is 3.42. The van der Waals surface area contributed by atoms with Gasteiger partial charge in [0.25, 0.3) is 5.91 Å². The second kappa shape index (κ2) is 8.25. The van der Waals surface area contributed by atoms with Crippen LogP contribution < -0.4 is 10.1 Å². The third-order valence-corrected chi connectivity index (χ3v) is 5.08. The number of hydrogen-bond acceptors (Lipinski definition) is 6. The second-order valence-corrected chi connectivity index (χ2v) is 7.55. The van der Waals surface area contributed by atoms with Gasteiger partial charge in [-0.3, -0.25) is 24.6 Å². The maximum Gasteiger partial charge on any atom is 0.313 e. The molecule has 4 rings (SSSR count). The van der Waals surface area contributed by atoms with Crippen molar-refractivity contribution in [2.75, 3.05) is 0 Å². The lowest BCUT2D eigenvalue weighted by Crippen LogP contribution is -2.24. The largest absolute Gasteiger partial charge is 0.450 e. The average Bonchev–Trinajstić information content (AvgIpc) is 3.50. The summed E-state index contributed by atoms with van der Waals surface area (Å²) >= 11 is 11.0. The molecular weight excluding hydrogens is 430 g/mol. The molecule has 0 unspecified atom stereocenters. The first-order valence-electron chi connectivity index (χ1n) is 9.08. The fraction of sp³-hybridized carbons (Fsp3) is 0.211. The summed E-state index contributed by atoms with van der Waals surface area (Å²) in [6.07, 6.45) is 2.12. The van der Waals surface area contributed by atoms with Crippen molar-refractivity contribution in [2.45, 2.75) is 25.4 Å². The summed E-state index contributed by atoms with van der Waals surface area (Å²) in [5.74, 6) is 0.817. The van der Waals surface area contributed by atoms with Gasteiger partial charge in [-0.05, 0) is 61.5 Å². The van der Waals surface area contributed by atoms with Crippen LogP contribution in [0.15, 0.2) is 42.5 Å². The molecule has 0 saturated heterocycles. The Morgan fingerprint density at radius 1 is 1.33 bits per heavy atom. The van der Waals surface area contributed by atoms with E-state index in [0.717, 1.165) is 12.8 Å². The minimum atomic E-state index is -0.569. The molecule has 0 spiro atoms. The van der Waals surface area contributed by atoms with Gasteiger partial charge in [-0.1, -0.05) is 11.6 Å². The normalized spacial score (nSPS) is 13.1. The summed E-state index contributed by atoms with van der Waals surface area (Å²) in [5.41, 5.74) is 0.174. The molecule has 1 aliphatic carbocycles. The first kappa shape index (κ1) is 20.0. The molecule has 0 atom stereocenters. The van der Waals surface area contributed by atoms with E-state index in [0.29, 0.717) is 28.0 Å². The Balaban J connectivity index is 1.42. The topological polar surface area (TPSA) is 115 Å². The molecule has 3 aromatic rings. The summed E-state index contributed by atoms with van der Waals surface area (Å²) in [6, 6.07) is 10.8. The van der Waals surface area contributed by atoms with Crippen molar-refractivity contribution in [3.63, 3.8) is 0 Å². The summed E-state index contributed by atoms with van der Waals surface area (Å²) in [4.78, 5) is 23.0. The number of nitrogens with one attached hydrogen (secondary N) is 2. The molecule has 1 fully saturated rings. The van der Waals surface area contributed by atoms with Gasteiger partial charge in [0.2, 0.25) is 5.75 Å². The number of hydrogen-bond donors (Lipinski definition) is 2. The standard InChI is InChI=1S/C19H16ClN5O4S/c20-12-3-8-16(15(9-12)25(27)28)29-14-6-1-11(2-7-14)18(26)21-10-17-22-23-19(30)24(17)13-4-5-13/h1-3,6-9,13H,4-5,10H2,(H,21,26)(H,23,30). The molecule has 1 aliphatic rings. The Kier molecular flexibility index (Phi) is 5.51. The SMILES string of the molecule is O=C(NCc1n[nH]c(=S)n1C1CC1)c1ccc(Oc2ccc(Cl)cc2[N+](=O)[O-])cc1. The zero-order valence-corrected chi connectivity index (χ0v) is 17.1. The van der Waals surface area contributed by atoms with Crippen LogP contribution in [0.5, 0.6) is 11.5 Å². The van der Waals surface area contributed by atoms with E-state index in [4.69, 9.17) is 28.6 Å². The van der Waals surface area contributed by atoms with E-state index in [-0.39, 0.29) is 28.9 Å². The van der Waals surface area contributed by atoms with Crippen molar-refractivity contribution < 1.29 is 14.5 Å². The van der Waals surface area contributed by atoms with Crippen LogP contribution in [0, 0.1) is 14.9 Å². The fourth-order valence-electron chi connectivity index (χ4n) is 2.95. The van der Waals surface area contributed by atoms with Gasteiger partial charge in [0.05, 0.1) is 11.5 Å². The Bertz CT molecular complexity index is 1170. The summed E-state index contributed by atoms with van der Waals surface area (Å²) in [6.45, 7) is 0.248. The Hall–Kier alpha value is -3.24. The lowest BCUT2D eigenvalue weighted by atomic mass is 10.2. The van der Waals surface area contributed by atoms with Crippen molar-refractivity contribution >= 4 is 35.4 Å². The summed E-state index contributed by atoms with van der Waals surface area (Å²) in [7, 11) is 0. The van der Waals surface area contributed by atoms with E-state index in [1.54, 1.807) is 24.3 Å². The average molecular weight is 446 g/mol.